The Morgan fingerprint density at radius 2 is 2.25 bits per heavy atom. The Kier molecular flexibility index (Phi) is 2.69. The van der Waals surface area contributed by atoms with E-state index < -0.39 is 12.0 Å². The second-order valence-electron chi connectivity index (χ2n) is 3.61. The van der Waals surface area contributed by atoms with E-state index in [0.29, 0.717) is 12.5 Å². The molecule has 0 aliphatic carbocycles. The molecule has 1 aliphatic rings. The molecule has 0 aromatic rings. The molecule has 0 aromatic carbocycles. The molecule has 1 fully saturated rings. The van der Waals surface area contributed by atoms with Gasteiger partial charge in [-0.25, -0.2) is 0 Å². The van der Waals surface area contributed by atoms with Gasteiger partial charge in [-0.15, -0.1) is 0 Å². The molecule has 1 rings (SSSR count). The van der Waals surface area contributed by atoms with Crippen molar-refractivity contribution in [3.05, 3.63) is 0 Å². The van der Waals surface area contributed by atoms with E-state index in [1.54, 1.807) is 6.92 Å². The number of nitrogens with two attached hydrogens (primary N) is 1. The van der Waals surface area contributed by atoms with Gasteiger partial charge in [-0.2, -0.15) is 0 Å². The van der Waals surface area contributed by atoms with Gasteiger partial charge < -0.3 is 10.8 Å². The second kappa shape index (κ2) is 3.41. The van der Waals surface area contributed by atoms with Crippen LogP contribution in [0.5, 0.6) is 0 Å². The molecular formula is C8H16N2O2. The first-order valence-corrected chi connectivity index (χ1v) is 4.24. The van der Waals surface area contributed by atoms with E-state index in [1.165, 1.54) is 0 Å². The molecule has 4 heteroatoms. The number of hydrogen-bond donors (Lipinski definition) is 2. The maximum atomic E-state index is 10.6. The summed E-state index contributed by atoms with van der Waals surface area (Å²) in [4.78, 5) is 12.5. The maximum Gasteiger partial charge on any atom is 0.320 e. The molecule has 1 aliphatic heterocycles. The SMILES string of the molecule is CC1CN(C(C)C(=O)O)CC1N. The summed E-state index contributed by atoms with van der Waals surface area (Å²) in [6.45, 7) is 5.26. The number of hydrogen-bond acceptors (Lipinski definition) is 3. The molecule has 4 nitrogen and oxygen atoms in total. The van der Waals surface area contributed by atoms with Crippen molar-refractivity contribution in [1.29, 1.82) is 0 Å². The summed E-state index contributed by atoms with van der Waals surface area (Å²) in [6.07, 6.45) is 0. The van der Waals surface area contributed by atoms with Gasteiger partial charge in [0.25, 0.3) is 0 Å². The van der Waals surface area contributed by atoms with Gasteiger partial charge >= 0.3 is 5.97 Å². The Hall–Kier alpha value is -0.610. The monoisotopic (exact) mass is 172 g/mol. The highest BCUT2D eigenvalue weighted by molar-refractivity contribution is 5.72. The van der Waals surface area contributed by atoms with Gasteiger partial charge in [-0.1, -0.05) is 6.92 Å². The molecule has 1 saturated heterocycles. The molecular weight excluding hydrogens is 156 g/mol. The number of nitrogens with zero attached hydrogens (tertiary/aromatic N) is 1. The number of rotatable bonds is 2. The third kappa shape index (κ3) is 1.76. The second-order valence-corrected chi connectivity index (χ2v) is 3.61. The zero-order valence-corrected chi connectivity index (χ0v) is 7.53. The molecule has 0 spiro atoms. The topological polar surface area (TPSA) is 66.6 Å². The van der Waals surface area contributed by atoms with E-state index in [0.717, 1.165) is 6.54 Å². The van der Waals surface area contributed by atoms with E-state index in [1.807, 2.05) is 4.90 Å². The van der Waals surface area contributed by atoms with E-state index >= 15 is 0 Å². The summed E-state index contributed by atoms with van der Waals surface area (Å²) < 4.78 is 0. The van der Waals surface area contributed by atoms with Crippen LogP contribution in [0.2, 0.25) is 0 Å². The highest BCUT2D eigenvalue weighted by atomic mass is 16.4. The maximum absolute atomic E-state index is 10.6. The Labute approximate surface area is 72.3 Å². The van der Waals surface area contributed by atoms with Gasteiger partial charge in [0, 0.05) is 19.1 Å². The van der Waals surface area contributed by atoms with Crippen LogP contribution in [-0.2, 0) is 4.79 Å². The van der Waals surface area contributed by atoms with Gasteiger partial charge in [0.1, 0.15) is 6.04 Å². The Balaban J connectivity index is 2.51. The van der Waals surface area contributed by atoms with Crippen LogP contribution in [0.25, 0.3) is 0 Å². The molecule has 0 saturated carbocycles. The fourth-order valence-electron chi connectivity index (χ4n) is 1.50. The number of carboxylic acids is 1. The average molecular weight is 172 g/mol. The summed E-state index contributed by atoms with van der Waals surface area (Å²) in [5, 5.41) is 8.73. The lowest BCUT2D eigenvalue weighted by atomic mass is 10.1. The van der Waals surface area contributed by atoms with Crippen LogP contribution in [0.15, 0.2) is 0 Å². The molecule has 0 radical (unpaired) electrons. The predicted octanol–water partition coefficient (Wildman–Crippen LogP) is -0.261. The molecule has 3 N–H and O–H groups in total. The zero-order valence-electron chi connectivity index (χ0n) is 7.53. The highest BCUT2D eigenvalue weighted by Crippen LogP contribution is 2.16. The first kappa shape index (κ1) is 9.48. The van der Waals surface area contributed by atoms with Gasteiger partial charge in [0.2, 0.25) is 0 Å². The summed E-state index contributed by atoms with van der Waals surface area (Å²) >= 11 is 0. The van der Waals surface area contributed by atoms with Crippen LogP contribution in [0, 0.1) is 5.92 Å². The third-order valence-corrected chi connectivity index (χ3v) is 2.60. The first-order valence-electron chi connectivity index (χ1n) is 4.24. The quantitative estimate of drug-likeness (QED) is 0.602. The smallest absolute Gasteiger partial charge is 0.320 e. The van der Waals surface area contributed by atoms with Crippen molar-refractivity contribution in [2.45, 2.75) is 25.9 Å². The van der Waals surface area contributed by atoms with Crippen LogP contribution >= 0.6 is 0 Å². The third-order valence-electron chi connectivity index (χ3n) is 2.60. The van der Waals surface area contributed by atoms with Gasteiger partial charge in [-0.3, -0.25) is 9.69 Å². The first-order chi connectivity index (χ1) is 5.52. The predicted molar refractivity (Wildman–Crippen MR) is 45.8 cm³/mol. The van der Waals surface area contributed by atoms with Crippen molar-refractivity contribution in [3.63, 3.8) is 0 Å². The minimum absolute atomic E-state index is 0.131. The summed E-state index contributed by atoms with van der Waals surface area (Å²) in [5.41, 5.74) is 5.77. The van der Waals surface area contributed by atoms with Crippen LogP contribution < -0.4 is 5.73 Å². The van der Waals surface area contributed by atoms with Crippen molar-refractivity contribution in [2.75, 3.05) is 13.1 Å². The number of carbonyl (C=O) groups is 1. The molecule has 3 unspecified atom stereocenters. The van der Waals surface area contributed by atoms with E-state index in [2.05, 4.69) is 6.92 Å². The van der Waals surface area contributed by atoms with E-state index in [-0.39, 0.29) is 6.04 Å². The lowest BCUT2D eigenvalue weighted by Crippen LogP contribution is -2.38. The van der Waals surface area contributed by atoms with Crippen LogP contribution in [0.3, 0.4) is 0 Å². The lowest BCUT2D eigenvalue weighted by molar-refractivity contribution is -0.142. The Morgan fingerprint density at radius 3 is 2.58 bits per heavy atom. The molecule has 3 atom stereocenters. The van der Waals surface area contributed by atoms with E-state index in [9.17, 15) is 4.79 Å². The number of aliphatic carboxylic acids is 1. The standard InChI is InChI=1S/C8H16N2O2/c1-5-3-10(4-7(5)9)6(2)8(11)12/h5-7H,3-4,9H2,1-2H3,(H,11,12). The molecule has 12 heavy (non-hydrogen) atoms. The number of carboxylic acid groups (broad SMARTS) is 1. The summed E-state index contributed by atoms with van der Waals surface area (Å²) in [6, 6.07) is -0.271. The van der Waals surface area contributed by atoms with Gasteiger partial charge in [-0.05, 0) is 12.8 Å². The van der Waals surface area contributed by atoms with Crippen molar-refractivity contribution in [1.82, 2.24) is 4.90 Å². The highest BCUT2D eigenvalue weighted by Gasteiger charge is 2.32. The molecule has 70 valence electrons. The fourth-order valence-corrected chi connectivity index (χ4v) is 1.50. The van der Waals surface area contributed by atoms with Gasteiger partial charge in [0.05, 0.1) is 0 Å². The van der Waals surface area contributed by atoms with Crippen molar-refractivity contribution in [3.8, 4) is 0 Å². The molecule has 0 bridgehead atoms. The summed E-state index contributed by atoms with van der Waals surface area (Å²) in [7, 11) is 0. The minimum Gasteiger partial charge on any atom is -0.480 e. The fraction of sp³-hybridized carbons (Fsp3) is 0.875. The van der Waals surface area contributed by atoms with Crippen molar-refractivity contribution in [2.24, 2.45) is 11.7 Å². The minimum atomic E-state index is -0.767. The largest absolute Gasteiger partial charge is 0.480 e. The Bertz CT molecular complexity index is 174. The molecule has 0 amide bonds. The summed E-state index contributed by atoms with van der Waals surface area (Å²) in [5.74, 6) is -0.358. The normalized spacial score (nSPS) is 33.6. The number of likely N-dealkylation sites (tertiary alicyclic amines) is 1. The van der Waals surface area contributed by atoms with Crippen molar-refractivity contribution < 1.29 is 9.90 Å². The van der Waals surface area contributed by atoms with Crippen LogP contribution in [-0.4, -0.2) is 41.1 Å². The lowest BCUT2D eigenvalue weighted by Gasteiger charge is -2.19. The van der Waals surface area contributed by atoms with Crippen LogP contribution in [0.1, 0.15) is 13.8 Å². The van der Waals surface area contributed by atoms with Crippen molar-refractivity contribution >= 4 is 5.97 Å². The van der Waals surface area contributed by atoms with Crippen LogP contribution in [0.4, 0.5) is 0 Å². The Morgan fingerprint density at radius 1 is 1.67 bits per heavy atom. The molecule has 1 heterocycles. The molecule has 0 aromatic heterocycles. The zero-order chi connectivity index (χ0) is 9.30. The van der Waals surface area contributed by atoms with Gasteiger partial charge in [0.15, 0.2) is 0 Å². The average Bonchev–Trinajstić information content (AvgIpc) is 2.30. The van der Waals surface area contributed by atoms with E-state index in [4.69, 9.17) is 10.8 Å².